The quantitative estimate of drug-likeness (QED) is 0.732. The predicted molar refractivity (Wildman–Crippen MR) is 66.5 cm³/mol. The van der Waals surface area contributed by atoms with Crippen LogP contribution in [0.15, 0.2) is 0 Å². The molecule has 2 nitrogen and oxygen atoms in total. The SMILES string of the molecule is BrCCC1CCN(CC2CCOCC2)C1. The zero-order chi connectivity index (χ0) is 10.5. The van der Waals surface area contributed by atoms with Gasteiger partial charge in [-0.05, 0) is 44.1 Å². The van der Waals surface area contributed by atoms with E-state index in [-0.39, 0.29) is 0 Å². The van der Waals surface area contributed by atoms with Gasteiger partial charge >= 0.3 is 0 Å². The molecule has 0 radical (unpaired) electrons. The second-order valence-corrected chi connectivity index (χ2v) is 5.74. The van der Waals surface area contributed by atoms with E-state index in [2.05, 4.69) is 20.8 Å². The summed E-state index contributed by atoms with van der Waals surface area (Å²) in [7, 11) is 0. The van der Waals surface area contributed by atoms with Crippen molar-refractivity contribution in [2.24, 2.45) is 11.8 Å². The molecule has 0 bridgehead atoms. The molecule has 88 valence electrons. The number of halogens is 1. The molecule has 3 heteroatoms. The molecule has 0 saturated carbocycles. The molecule has 2 aliphatic heterocycles. The Kier molecular flexibility index (Phi) is 4.92. The molecule has 1 unspecified atom stereocenters. The van der Waals surface area contributed by atoms with Gasteiger partial charge in [-0.1, -0.05) is 15.9 Å². The fraction of sp³-hybridized carbons (Fsp3) is 1.00. The van der Waals surface area contributed by atoms with Crippen molar-refractivity contribution in [2.75, 3.05) is 38.2 Å². The Balaban J connectivity index is 1.67. The molecule has 0 aliphatic carbocycles. The van der Waals surface area contributed by atoms with Crippen molar-refractivity contribution in [1.82, 2.24) is 4.90 Å². The number of nitrogens with zero attached hydrogens (tertiary/aromatic N) is 1. The average molecular weight is 276 g/mol. The average Bonchev–Trinajstić information content (AvgIpc) is 2.68. The zero-order valence-electron chi connectivity index (χ0n) is 9.46. The van der Waals surface area contributed by atoms with E-state index < -0.39 is 0 Å². The molecule has 0 aromatic heterocycles. The topological polar surface area (TPSA) is 12.5 Å². The summed E-state index contributed by atoms with van der Waals surface area (Å²) in [5, 5.41) is 1.17. The van der Waals surface area contributed by atoms with E-state index in [1.807, 2.05) is 0 Å². The Morgan fingerprint density at radius 1 is 1.13 bits per heavy atom. The normalized spacial score (nSPS) is 29.8. The molecule has 0 amide bonds. The van der Waals surface area contributed by atoms with Gasteiger partial charge in [-0.25, -0.2) is 0 Å². The lowest BCUT2D eigenvalue weighted by atomic mass is 10.00. The van der Waals surface area contributed by atoms with Crippen molar-refractivity contribution >= 4 is 15.9 Å². The van der Waals surface area contributed by atoms with E-state index in [1.165, 1.54) is 50.6 Å². The van der Waals surface area contributed by atoms with Crippen LogP contribution in [0, 0.1) is 11.8 Å². The van der Waals surface area contributed by atoms with Crippen LogP contribution in [0.5, 0.6) is 0 Å². The number of rotatable bonds is 4. The fourth-order valence-electron chi connectivity index (χ4n) is 2.76. The Morgan fingerprint density at radius 3 is 2.67 bits per heavy atom. The molecular weight excluding hydrogens is 254 g/mol. The standard InChI is InChI=1S/C12H22BrNO/c13-5-1-11-2-6-14(9-11)10-12-3-7-15-8-4-12/h11-12H,1-10H2. The minimum atomic E-state index is 0.904. The second-order valence-electron chi connectivity index (χ2n) is 4.95. The summed E-state index contributed by atoms with van der Waals surface area (Å²) >= 11 is 3.54. The van der Waals surface area contributed by atoms with Crippen LogP contribution in [-0.4, -0.2) is 43.1 Å². The number of alkyl halides is 1. The Hall–Kier alpha value is 0.400. The van der Waals surface area contributed by atoms with E-state index >= 15 is 0 Å². The highest BCUT2D eigenvalue weighted by atomic mass is 79.9. The highest BCUT2D eigenvalue weighted by molar-refractivity contribution is 9.09. The fourth-order valence-corrected chi connectivity index (χ4v) is 3.41. The molecule has 0 aromatic carbocycles. The Bertz CT molecular complexity index is 182. The minimum Gasteiger partial charge on any atom is -0.381 e. The summed E-state index contributed by atoms with van der Waals surface area (Å²) in [5.41, 5.74) is 0. The first-order chi connectivity index (χ1) is 7.38. The van der Waals surface area contributed by atoms with Crippen molar-refractivity contribution in [3.8, 4) is 0 Å². The first kappa shape index (κ1) is 11.9. The molecule has 2 aliphatic rings. The molecule has 1 atom stereocenters. The molecule has 2 rings (SSSR count). The third-order valence-corrected chi connectivity index (χ3v) is 4.20. The summed E-state index contributed by atoms with van der Waals surface area (Å²) < 4.78 is 5.40. The van der Waals surface area contributed by atoms with E-state index in [0.717, 1.165) is 25.0 Å². The molecule has 0 aromatic rings. The van der Waals surface area contributed by atoms with Gasteiger partial charge in [0.25, 0.3) is 0 Å². The van der Waals surface area contributed by atoms with Crippen molar-refractivity contribution in [3.05, 3.63) is 0 Å². The predicted octanol–water partition coefficient (Wildman–Crippen LogP) is 2.52. The monoisotopic (exact) mass is 275 g/mol. The molecule has 2 fully saturated rings. The Labute approximate surface area is 101 Å². The molecule has 2 saturated heterocycles. The van der Waals surface area contributed by atoms with Gasteiger partial charge in [-0.15, -0.1) is 0 Å². The van der Waals surface area contributed by atoms with Crippen LogP contribution in [0.25, 0.3) is 0 Å². The third kappa shape index (κ3) is 3.72. The van der Waals surface area contributed by atoms with Crippen LogP contribution < -0.4 is 0 Å². The summed E-state index contributed by atoms with van der Waals surface area (Å²) in [6.45, 7) is 5.97. The van der Waals surface area contributed by atoms with Gasteiger partial charge in [-0.2, -0.15) is 0 Å². The first-order valence-corrected chi connectivity index (χ1v) is 7.36. The van der Waals surface area contributed by atoms with Gasteiger partial charge in [0, 0.05) is 31.6 Å². The molecule has 0 spiro atoms. The van der Waals surface area contributed by atoms with Crippen molar-refractivity contribution < 1.29 is 4.74 Å². The lowest BCUT2D eigenvalue weighted by molar-refractivity contribution is 0.0551. The van der Waals surface area contributed by atoms with E-state index in [0.29, 0.717) is 0 Å². The third-order valence-electron chi connectivity index (χ3n) is 3.74. The van der Waals surface area contributed by atoms with Crippen LogP contribution in [0.2, 0.25) is 0 Å². The smallest absolute Gasteiger partial charge is 0.0469 e. The highest BCUT2D eigenvalue weighted by Crippen LogP contribution is 2.23. The maximum Gasteiger partial charge on any atom is 0.0469 e. The van der Waals surface area contributed by atoms with E-state index in [1.54, 1.807) is 0 Å². The second kappa shape index (κ2) is 6.21. The first-order valence-electron chi connectivity index (χ1n) is 6.24. The van der Waals surface area contributed by atoms with Gasteiger partial charge in [-0.3, -0.25) is 0 Å². The lowest BCUT2D eigenvalue weighted by Gasteiger charge is -2.26. The van der Waals surface area contributed by atoms with Crippen molar-refractivity contribution in [2.45, 2.75) is 25.7 Å². The highest BCUT2D eigenvalue weighted by Gasteiger charge is 2.24. The minimum absolute atomic E-state index is 0.904. The van der Waals surface area contributed by atoms with Crippen molar-refractivity contribution in [3.63, 3.8) is 0 Å². The lowest BCUT2D eigenvalue weighted by Crippen LogP contribution is -2.31. The summed E-state index contributed by atoms with van der Waals surface area (Å²) in [6, 6.07) is 0. The van der Waals surface area contributed by atoms with E-state index in [4.69, 9.17) is 4.74 Å². The van der Waals surface area contributed by atoms with Gasteiger partial charge in [0.1, 0.15) is 0 Å². The van der Waals surface area contributed by atoms with Gasteiger partial charge in [0.2, 0.25) is 0 Å². The summed E-state index contributed by atoms with van der Waals surface area (Å²) in [6.07, 6.45) is 5.32. The molecule has 15 heavy (non-hydrogen) atoms. The van der Waals surface area contributed by atoms with Crippen LogP contribution >= 0.6 is 15.9 Å². The van der Waals surface area contributed by atoms with Crippen LogP contribution in [0.1, 0.15) is 25.7 Å². The molecular formula is C12H22BrNO. The van der Waals surface area contributed by atoms with Crippen molar-refractivity contribution in [1.29, 1.82) is 0 Å². The maximum absolute atomic E-state index is 5.40. The zero-order valence-corrected chi connectivity index (χ0v) is 11.0. The summed E-state index contributed by atoms with van der Waals surface area (Å²) in [4.78, 5) is 2.67. The maximum atomic E-state index is 5.40. The number of likely N-dealkylation sites (tertiary alicyclic amines) is 1. The molecule has 2 heterocycles. The van der Waals surface area contributed by atoms with E-state index in [9.17, 15) is 0 Å². The van der Waals surface area contributed by atoms with Gasteiger partial charge in [0.15, 0.2) is 0 Å². The Morgan fingerprint density at radius 2 is 1.93 bits per heavy atom. The largest absolute Gasteiger partial charge is 0.381 e. The van der Waals surface area contributed by atoms with Gasteiger partial charge in [0.05, 0.1) is 0 Å². The van der Waals surface area contributed by atoms with Crippen LogP contribution in [-0.2, 0) is 4.74 Å². The number of ether oxygens (including phenoxy) is 1. The van der Waals surface area contributed by atoms with Crippen LogP contribution in [0.4, 0.5) is 0 Å². The number of hydrogen-bond donors (Lipinski definition) is 0. The summed E-state index contributed by atoms with van der Waals surface area (Å²) in [5.74, 6) is 1.85. The number of hydrogen-bond acceptors (Lipinski definition) is 2. The van der Waals surface area contributed by atoms with Gasteiger partial charge < -0.3 is 9.64 Å². The van der Waals surface area contributed by atoms with Crippen LogP contribution in [0.3, 0.4) is 0 Å². The molecule has 0 N–H and O–H groups in total.